The second kappa shape index (κ2) is 7.45. The van der Waals surface area contributed by atoms with Crippen molar-refractivity contribution in [1.29, 1.82) is 0 Å². The van der Waals surface area contributed by atoms with E-state index in [2.05, 4.69) is 29.3 Å². The highest BCUT2D eigenvalue weighted by Gasteiger charge is 2.47. The van der Waals surface area contributed by atoms with E-state index < -0.39 is 0 Å². The highest BCUT2D eigenvalue weighted by Crippen LogP contribution is 2.36. The Labute approximate surface area is 139 Å². The first-order chi connectivity index (χ1) is 11.2. The van der Waals surface area contributed by atoms with Crippen molar-refractivity contribution in [2.45, 2.75) is 57.2 Å². The number of hydrogen-bond acceptors (Lipinski definition) is 3. The van der Waals surface area contributed by atoms with Crippen LogP contribution in [-0.4, -0.2) is 42.1 Å². The topological polar surface area (TPSA) is 41.6 Å². The summed E-state index contributed by atoms with van der Waals surface area (Å²) in [6.45, 7) is 5.72. The lowest BCUT2D eigenvalue weighted by atomic mass is 9.78. The average Bonchev–Trinajstić information content (AvgIpc) is 2.94. The van der Waals surface area contributed by atoms with Crippen LogP contribution in [0.4, 0.5) is 0 Å². The molecule has 23 heavy (non-hydrogen) atoms. The number of piperidine rings is 1. The number of likely N-dealkylation sites (tertiary alicyclic amines) is 1. The minimum absolute atomic E-state index is 0.0174. The van der Waals surface area contributed by atoms with Crippen LogP contribution < -0.4 is 5.32 Å². The molecule has 0 radical (unpaired) electrons. The van der Waals surface area contributed by atoms with Crippen LogP contribution >= 0.6 is 0 Å². The van der Waals surface area contributed by atoms with Crippen LogP contribution in [-0.2, 0) is 16.1 Å². The lowest BCUT2D eigenvalue weighted by Crippen LogP contribution is -2.62. The van der Waals surface area contributed by atoms with E-state index in [1.54, 1.807) is 0 Å². The first kappa shape index (κ1) is 16.5. The van der Waals surface area contributed by atoms with Crippen molar-refractivity contribution in [2.24, 2.45) is 0 Å². The van der Waals surface area contributed by atoms with Crippen LogP contribution in [0.15, 0.2) is 30.3 Å². The SMILES string of the molecule is CC[C@@H]1N(CCOCc2ccccc2)CCC[C@]12CCC(=O)N2. The Hall–Kier alpha value is -1.39. The maximum absolute atomic E-state index is 11.7. The number of amides is 1. The van der Waals surface area contributed by atoms with Gasteiger partial charge in [0.25, 0.3) is 0 Å². The maximum atomic E-state index is 11.7. The van der Waals surface area contributed by atoms with Gasteiger partial charge in [-0.25, -0.2) is 0 Å². The molecule has 2 atom stereocenters. The van der Waals surface area contributed by atoms with Crippen LogP contribution in [0.2, 0.25) is 0 Å². The van der Waals surface area contributed by atoms with Crippen molar-refractivity contribution in [3.63, 3.8) is 0 Å². The number of benzene rings is 1. The predicted molar refractivity (Wildman–Crippen MR) is 91.1 cm³/mol. The summed E-state index contributed by atoms with van der Waals surface area (Å²) in [5.74, 6) is 0.227. The molecule has 1 amide bonds. The highest BCUT2D eigenvalue weighted by molar-refractivity contribution is 5.79. The van der Waals surface area contributed by atoms with Crippen LogP contribution in [0.3, 0.4) is 0 Å². The van der Waals surface area contributed by atoms with E-state index in [1.807, 2.05) is 18.2 Å². The first-order valence-corrected chi connectivity index (χ1v) is 8.90. The minimum atomic E-state index is 0.0174. The number of nitrogens with one attached hydrogen (secondary N) is 1. The number of carbonyl (C=O) groups is 1. The van der Waals surface area contributed by atoms with Gasteiger partial charge in [0.2, 0.25) is 5.91 Å². The van der Waals surface area contributed by atoms with Gasteiger partial charge in [0.1, 0.15) is 0 Å². The first-order valence-electron chi connectivity index (χ1n) is 8.90. The van der Waals surface area contributed by atoms with Gasteiger partial charge in [-0.15, -0.1) is 0 Å². The zero-order valence-corrected chi connectivity index (χ0v) is 14.1. The van der Waals surface area contributed by atoms with Crippen LogP contribution in [0.1, 0.15) is 44.6 Å². The average molecular weight is 316 g/mol. The highest BCUT2D eigenvalue weighted by atomic mass is 16.5. The quantitative estimate of drug-likeness (QED) is 0.821. The van der Waals surface area contributed by atoms with E-state index in [1.165, 1.54) is 5.56 Å². The van der Waals surface area contributed by atoms with Crippen molar-refractivity contribution in [2.75, 3.05) is 19.7 Å². The molecule has 4 nitrogen and oxygen atoms in total. The van der Waals surface area contributed by atoms with Gasteiger partial charge in [0.15, 0.2) is 0 Å². The zero-order valence-electron chi connectivity index (χ0n) is 14.1. The van der Waals surface area contributed by atoms with E-state index in [0.29, 0.717) is 19.1 Å². The molecule has 2 aliphatic heterocycles. The summed E-state index contributed by atoms with van der Waals surface area (Å²) < 4.78 is 5.86. The summed E-state index contributed by atoms with van der Waals surface area (Å²) in [7, 11) is 0. The summed E-state index contributed by atoms with van der Waals surface area (Å²) in [6, 6.07) is 10.8. The Kier molecular flexibility index (Phi) is 5.34. The Morgan fingerprint density at radius 2 is 2.13 bits per heavy atom. The zero-order chi connectivity index (χ0) is 16.1. The molecule has 1 aromatic rings. The fraction of sp³-hybridized carbons (Fsp3) is 0.632. The Balaban J connectivity index is 1.51. The third-order valence-electron chi connectivity index (χ3n) is 5.35. The van der Waals surface area contributed by atoms with Gasteiger partial charge in [-0.3, -0.25) is 9.69 Å². The Bertz CT molecular complexity index is 519. The molecule has 0 aromatic heterocycles. The molecular formula is C19H28N2O2. The largest absolute Gasteiger partial charge is 0.375 e. The third kappa shape index (κ3) is 3.75. The van der Waals surface area contributed by atoms with Crippen LogP contribution in [0, 0.1) is 0 Å². The molecule has 0 unspecified atom stereocenters. The van der Waals surface area contributed by atoms with Gasteiger partial charge >= 0.3 is 0 Å². The van der Waals surface area contributed by atoms with Crippen molar-refractivity contribution in [3.8, 4) is 0 Å². The fourth-order valence-electron chi connectivity index (χ4n) is 4.31. The third-order valence-corrected chi connectivity index (χ3v) is 5.35. The van der Waals surface area contributed by atoms with Crippen LogP contribution in [0.5, 0.6) is 0 Å². The molecule has 0 aliphatic carbocycles. The number of rotatable bonds is 6. The maximum Gasteiger partial charge on any atom is 0.220 e. The molecule has 4 heteroatoms. The number of hydrogen-bond donors (Lipinski definition) is 1. The minimum Gasteiger partial charge on any atom is -0.375 e. The lowest BCUT2D eigenvalue weighted by molar-refractivity contribution is -0.120. The van der Waals surface area contributed by atoms with Gasteiger partial charge in [-0.1, -0.05) is 37.3 Å². The van der Waals surface area contributed by atoms with Gasteiger partial charge in [0.05, 0.1) is 18.8 Å². The second-order valence-corrected chi connectivity index (χ2v) is 6.81. The number of nitrogens with zero attached hydrogens (tertiary/aromatic N) is 1. The Morgan fingerprint density at radius 3 is 2.83 bits per heavy atom. The molecule has 0 saturated carbocycles. The molecule has 0 bridgehead atoms. The molecule has 126 valence electrons. The molecule has 2 heterocycles. The van der Waals surface area contributed by atoms with Crippen LogP contribution in [0.25, 0.3) is 0 Å². The van der Waals surface area contributed by atoms with Crippen molar-refractivity contribution < 1.29 is 9.53 Å². The molecule has 3 rings (SSSR count). The van der Waals surface area contributed by atoms with Gasteiger partial charge in [0, 0.05) is 19.0 Å². The molecule has 1 N–H and O–H groups in total. The summed E-state index contributed by atoms with van der Waals surface area (Å²) in [5.41, 5.74) is 1.24. The molecule has 2 fully saturated rings. The fourth-order valence-corrected chi connectivity index (χ4v) is 4.31. The second-order valence-electron chi connectivity index (χ2n) is 6.81. The molecular weight excluding hydrogens is 288 g/mol. The van der Waals surface area contributed by atoms with Crippen molar-refractivity contribution in [1.82, 2.24) is 10.2 Å². The van der Waals surface area contributed by atoms with E-state index in [4.69, 9.17) is 4.74 Å². The van der Waals surface area contributed by atoms with Gasteiger partial charge < -0.3 is 10.1 Å². The summed E-state index contributed by atoms with van der Waals surface area (Å²) in [6.07, 6.45) is 5.05. The standard InChI is InChI=1S/C19H28N2O2/c1-2-17-19(11-9-18(22)20-19)10-6-12-21(17)13-14-23-15-16-7-4-3-5-8-16/h3-5,7-8,17H,2,6,9-15H2,1H3,(H,20,22)/t17-,19-/m0/s1. The van der Waals surface area contributed by atoms with Gasteiger partial charge in [-0.2, -0.15) is 0 Å². The lowest BCUT2D eigenvalue weighted by Gasteiger charge is -2.48. The summed E-state index contributed by atoms with van der Waals surface area (Å²) >= 11 is 0. The van der Waals surface area contributed by atoms with Gasteiger partial charge in [-0.05, 0) is 37.8 Å². The van der Waals surface area contributed by atoms with E-state index in [-0.39, 0.29) is 11.4 Å². The molecule has 1 spiro atoms. The van der Waals surface area contributed by atoms with Crippen molar-refractivity contribution >= 4 is 5.91 Å². The van der Waals surface area contributed by atoms with Crippen molar-refractivity contribution in [3.05, 3.63) is 35.9 Å². The normalized spacial score (nSPS) is 28.2. The molecule has 1 aromatic carbocycles. The summed E-state index contributed by atoms with van der Waals surface area (Å²) in [4.78, 5) is 14.3. The van der Waals surface area contributed by atoms with E-state index >= 15 is 0 Å². The Morgan fingerprint density at radius 1 is 1.30 bits per heavy atom. The molecule has 2 saturated heterocycles. The monoisotopic (exact) mass is 316 g/mol. The van der Waals surface area contributed by atoms with E-state index in [9.17, 15) is 4.79 Å². The number of ether oxygens (including phenoxy) is 1. The predicted octanol–water partition coefficient (Wildman–Crippen LogP) is 2.73. The van der Waals surface area contributed by atoms with E-state index in [0.717, 1.165) is 45.4 Å². The molecule has 2 aliphatic rings. The number of carbonyl (C=O) groups excluding carboxylic acids is 1. The summed E-state index contributed by atoms with van der Waals surface area (Å²) in [5, 5.41) is 3.30. The smallest absolute Gasteiger partial charge is 0.220 e.